The molecule has 3 aromatic rings. The van der Waals surface area contributed by atoms with Gasteiger partial charge in [0.25, 0.3) is 15.9 Å². The van der Waals surface area contributed by atoms with Gasteiger partial charge in [-0.05, 0) is 79.6 Å². The first-order chi connectivity index (χ1) is 15.2. The zero-order valence-electron chi connectivity index (χ0n) is 17.5. The van der Waals surface area contributed by atoms with Crippen LogP contribution in [0.25, 0.3) is 0 Å². The molecule has 3 rings (SSSR count). The molecule has 0 aromatic heterocycles. The average Bonchev–Trinajstić information content (AvgIpc) is 2.75. The summed E-state index contributed by atoms with van der Waals surface area (Å²) in [5, 5.41) is 3.51. The molecule has 0 spiro atoms. The summed E-state index contributed by atoms with van der Waals surface area (Å²) < 4.78 is 28.3. The summed E-state index contributed by atoms with van der Waals surface area (Å²) in [4.78, 5) is 13.4. The number of hydrogen-bond donors (Lipinski definition) is 2. The number of rotatable bonds is 8. The highest BCUT2D eigenvalue weighted by atomic mass is 35.5. The van der Waals surface area contributed by atoms with E-state index in [9.17, 15) is 13.2 Å². The van der Waals surface area contributed by atoms with E-state index in [0.717, 1.165) is 16.0 Å². The smallest absolute Gasteiger partial charge is 0.263 e. The van der Waals surface area contributed by atoms with E-state index in [0.29, 0.717) is 23.0 Å². The maximum atomic E-state index is 12.9. The Hall–Kier alpha value is -2.19. The van der Waals surface area contributed by atoms with Crippen LogP contribution in [-0.4, -0.2) is 26.6 Å². The summed E-state index contributed by atoms with van der Waals surface area (Å²) >= 11 is 13.6. The molecule has 0 aliphatic heterocycles. The summed E-state index contributed by atoms with van der Waals surface area (Å²) in [5.74, 6) is 0.279. The number of benzene rings is 3. The fourth-order valence-electron chi connectivity index (χ4n) is 2.83. The second kappa shape index (κ2) is 10.6. The lowest BCUT2D eigenvalue weighted by molar-refractivity contribution is 0.0956. The summed E-state index contributed by atoms with van der Waals surface area (Å²) in [6.45, 7) is 4.26. The summed E-state index contributed by atoms with van der Waals surface area (Å²) in [6, 6.07) is 16.9. The number of halogens is 2. The number of aryl methyl sites for hydroxylation is 2. The van der Waals surface area contributed by atoms with E-state index in [4.69, 9.17) is 23.2 Å². The molecule has 32 heavy (non-hydrogen) atoms. The Morgan fingerprint density at radius 2 is 1.66 bits per heavy atom. The maximum Gasteiger partial charge on any atom is 0.263 e. The molecule has 0 radical (unpaired) electrons. The van der Waals surface area contributed by atoms with Crippen molar-refractivity contribution in [3.63, 3.8) is 0 Å². The van der Waals surface area contributed by atoms with Gasteiger partial charge in [0, 0.05) is 33.5 Å². The van der Waals surface area contributed by atoms with Gasteiger partial charge in [0.1, 0.15) is 4.90 Å². The molecule has 0 fully saturated rings. The minimum Gasteiger partial charge on any atom is -0.351 e. The van der Waals surface area contributed by atoms with Gasteiger partial charge in [-0.15, -0.1) is 11.8 Å². The van der Waals surface area contributed by atoms with Crippen LogP contribution in [0.5, 0.6) is 0 Å². The third kappa shape index (κ3) is 6.42. The number of nitrogens with one attached hydrogen (secondary N) is 2. The normalized spacial score (nSPS) is 11.2. The Morgan fingerprint density at radius 3 is 2.34 bits per heavy atom. The van der Waals surface area contributed by atoms with Crippen molar-refractivity contribution in [1.29, 1.82) is 0 Å². The largest absolute Gasteiger partial charge is 0.351 e. The van der Waals surface area contributed by atoms with Crippen LogP contribution in [0, 0.1) is 13.8 Å². The molecule has 168 valence electrons. The van der Waals surface area contributed by atoms with E-state index < -0.39 is 10.0 Å². The van der Waals surface area contributed by atoms with E-state index >= 15 is 0 Å². The molecule has 0 saturated heterocycles. The minimum atomic E-state index is -3.97. The van der Waals surface area contributed by atoms with Gasteiger partial charge < -0.3 is 5.32 Å². The summed E-state index contributed by atoms with van der Waals surface area (Å²) in [6.07, 6.45) is 0. The van der Waals surface area contributed by atoms with Gasteiger partial charge >= 0.3 is 0 Å². The SMILES string of the molecule is Cc1ccc(NS(=O)(=O)c2cc(C(=O)NCCSc3ccc(Cl)cc3)ccc2Cl)cc1C. The van der Waals surface area contributed by atoms with Gasteiger partial charge in [-0.25, -0.2) is 8.42 Å². The average molecular weight is 509 g/mol. The standard InChI is InChI=1S/C23H22Cl2N2O3S2/c1-15-3-7-19(13-16(15)2)27-32(29,30)22-14-17(4-10-21(22)25)23(28)26-11-12-31-20-8-5-18(24)6-9-20/h3-10,13-14,27H,11-12H2,1-2H3,(H,26,28). The molecule has 0 aliphatic carbocycles. The molecular formula is C23H22Cl2N2O3S2. The summed E-state index contributed by atoms with van der Waals surface area (Å²) in [7, 11) is -3.97. The topological polar surface area (TPSA) is 75.3 Å². The number of amides is 1. The molecule has 0 unspecified atom stereocenters. The van der Waals surface area contributed by atoms with Crippen molar-refractivity contribution in [2.24, 2.45) is 0 Å². The van der Waals surface area contributed by atoms with E-state index in [1.54, 1.807) is 23.9 Å². The van der Waals surface area contributed by atoms with Crippen LogP contribution < -0.4 is 10.0 Å². The lowest BCUT2D eigenvalue weighted by Crippen LogP contribution is -2.26. The van der Waals surface area contributed by atoms with Crippen LogP contribution >= 0.6 is 35.0 Å². The van der Waals surface area contributed by atoms with E-state index in [1.807, 2.05) is 44.2 Å². The maximum absolute atomic E-state index is 12.9. The van der Waals surface area contributed by atoms with Crippen molar-refractivity contribution in [3.8, 4) is 0 Å². The van der Waals surface area contributed by atoms with Crippen molar-refractivity contribution >= 4 is 56.6 Å². The number of thioether (sulfide) groups is 1. The van der Waals surface area contributed by atoms with Crippen molar-refractivity contribution in [3.05, 3.63) is 87.4 Å². The molecule has 0 heterocycles. The Kier molecular flexibility index (Phi) is 8.11. The van der Waals surface area contributed by atoms with Crippen LogP contribution in [-0.2, 0) is 10.0 Å². The van der Waals surface area contributed by atoms with Crippen molar-refractivity contribution in [2.45, 2.75) is 23.6 Å². The zero-order chi connectivity index (χ0) is 23.3. The monoisotopic (exact) mass is 508 g/mol. The van der Waals surface area contributed by atoms with Crippen LogP contribution in [0.3, 0.4) is 0 Å². The number of anilines is 1. The zero-order valence-corrected chi connectivity index (χ0v) is 20.6. The molecule has 0 bridgehead atoms. The first kappa shape index (κ1) is 24.5. The van der Waals surface area contributed by atoms with Crippen LogP contribution in [0.1, 0.15) is 21.5 Å². The second-order valence-electron chi connectivity index (χ2n) is 7.11. The molecule has 1 amide bonds. The molecule has 0 aliphatic rings. The number of carbonyl (C=O) groups is 1. The molecular weight excluding hydrogens is 487 g/mol. The Balaban J connectivity index is 1.66. The molecule has 5 nitrogen and oxygen atoms in total. The van der Waals surface area contributed by atoms with Crippen LogP contribution in [0.4, 0.5) is 5.69 Å². The minimum absolute atomic E-state index is 0.0381. The Morgan fingerprint density at radius 1 is 0.938 bits per heavy atom. The number of hydrogen-bond acceptors (Lipinski definition) is 4. The van der Waals surface area contributed by atoms with E-state index in [1.165, 1.54) is 18.2 Å². The molecule has 0 saturated carbocycles. The van der Waals surface area contributed by atoms with Gasteiger partial charge in [-0.1, -0.05) is 29.3 Å². The third-order valence-electron chi connectivity index (χ3n) is 4.71. The summed E-state index contributed by atoms with van der Waals surface area (Å²) in [5.41, 5.74) is 2.66. The van der Waals surface area contributed by atoms with Crippen molar-refractivity contribution < 1.29 is 13.2 Å². The quantitative estimate of drug-likeness (QED) is 0.292. The van der Waals surface area contributed by atoms with Crippen LogP contribution in [0.15, 0.2) is 70.5 Å². The van der Waals surface area contributed by atoms with Crippen molar-refractivity contribution in [2.75, 3.05) is 17.0 Å². The lowest BCUT2D eigenvalue weighted by atomic mass is 10.1. The van der Waals surface area contributed by atoms with Gasteiger partial charge in [0.05, 0.1) is 5.02 Å². The molecule has 0 atom stereocenters. The molecule has 3 aromatic carbocycles. The van der Waals surface area contributed by atoms with E-state index in [2.05, 4.69) is 10.0 Å². The van der Waals surface area contributed by atoms with Gasteiger partial charge in [-0.3, -0.25) is 9.52 Å². The molecule has 9 heteroatoms. The van der Waals surface area contributed by atoms with Crippen molar-refractivity contribution in [1.82, 2.24) is 5.32 Å². The van der Waals surface area contributed by atoms with Gasteiger partial charge in [-0.2, -0.15) is 0 Å². The predicted molar refractivity (Wildman–Crippen MR) is 133 cm³/mol. The van der Waals surface area contributed by atoms with Gasteiger partial charge in [0.2, 0.25) is 0 Å². The fourth-order valence-corrected chi connectivity index (χ4v) is 5.30. The Bertz CT molecular complexity index is 1230. The van der Waals surface area contributed by atoms with Gasteiger partial charge in [0.15, 0.2) is 0 Å². The van der Waals surface area contributed by atoms with E-state index in [-0.39, 0.29) is 21.4 Å². The molecule has 2 N–H and O–H groups in total. The number of sulfonamides is 1. The predicted octanol–water partition coefficient (Wildman–Crippen LogP) is 5.93. The van der Waals surface area contributed by atoms with Crippen LogP contribution in [0.2, 0.25) is 10.0 Å². The highest BCUT2D eigenvalue weighted by Gasteiger charge is 2.20. The highest BCUT2D eigenvalue weighted by Crippen LogP contribution is 2.26. The number of carbonyl (C=O) groups excluding carboxylic acids is 1. The second-order valence-corrected chi connectivity index (χ2v) is 10.8. The first-order valence-corrected chi connectivity index (χ1v) is 12.9. The first-order valence-electron chi connectivity index (χ1n) is 9.72. The fraction of sp³-hybridized carbons (Fsp3) is 0.174. The highest BCUT2D eigenvalue weighted by molar-refractivity contribution is 7.99. The third-order valence-corrected chi connectivity index (χ3v) is 7.84. The lowest BCUT2D eigenvalue weighted by Gasteiger charge is -2.12. The Labute approximate surface area is 202 Å².